The number of fused-ring (bicyclic) bond motifs is 1. The first-order valence-electron chi connectivity index (χ1n) is 10.4. The van der Waals surface area contributed by atoms with Crippen LogP contribution in [0, 0.1) is 0 Å². The van der Waals surface area contributed by atoms with E-state index in [1.807, 2.05) is 0 Å². The van der Waals surface area contributed by atoms with Gasteiger partial charge in [0.15, 0.2) is 17.7 Å². The van der Waals surface area contributed by atoms with E-state index in [9.17, 15) is 9.90 Å². The number of thioether (sulfide) groups is 1. The molecule has 4 heterocycles. The van der Waals surface area contributed by atoms with Crippen LogP contribution in [-0.4, -0.2) is 91.5 Å². The Morgan fingerprint density at radius 2 is 2.23 bits per heavy atom. The predicted molar refractivity (Wildman–Crippen MR) is 116 cm³/mol. The Balaban J connectivity index is 1.35. The molecule has 31 heavy (non-hydrogen) atoms. The minimum absolute atomic E-state index is 0.111. The fraction of sp³-hybridized carbons (Fsp3) is 0.684. The molecule has 2 aromatic heterocycles. The van der Waals surface area contributed by atoms with Crippen LogP contribution in [0.4, 0.5) is 5.82 Å². The maximum atomic E-state index is 12.2. The van der Waals surface area contributed by atoms with Crippen molar-refractivity contribution in [3.63, 3.8) is 0 Å². The van der Waals surface area contributed by atoms with Crippen LogP contribution in [0.15, 0.2) is 12.7 Å². The number of aliphatic hydroxyl groups excluding tert-OH is 1. The standard InChI is InChI=1S/C19H29N7O4S/c1-29-19(28)13-7-12(2-4-25(13)5-3-20)31-8-11-6-14(27)18(30-11)26-10-24-15-16(21)22-9-23-17(15)26/h9-14,18,27H,2-8,20H2,1H3,(H2,21,22,23)/t11-,12?,13?,14-,18+/m0/s1. The van der Waals surface area contributed by atoms with Crippen LogP contribution in [0.1, 0.15) is 25.5 Å². The molecule has 5 N–H and O–H groups in total. The molecule has 0 radical (unpaired) electrons. The number of ether oxygens (including phenoxy) is 2. The lowest BCUT2D eigenvalue weighted by Crippen LogP contribution is -2.50. The Kier molecular flexibility index (Phi) is 6.92. The fourth-order valence-electron chi connectivity index (χ4n) is 4.33. The maximum absolute atomic E-state index is 12.2. The van der Waals surface area contributed by atoms with Crippen LogP contribution in [-0.2, 0) is 14.3 Å². The van der Waals surface area contributed by atoms with Gasteiger partial charge in [-0.05, 0) is 12.8 Å². The van der Waals surface area contributed by atoms with Crippen LogP contribution in [0.25, 0.3) is 11.2 Å². The zero-order chi connectivity index (χ0) is 22.0. The van der Waals surface area contributed by atoms with Crippen LogP contribution >= 0.6 is 11.8 Å². The minimum Gasteiger partial charge on any atom is -0.468 e. The van der Waals surface area contributed by atoms with Crippen molar-refractivity contribution < 1.29 is 19.4 Å². The van der Waals surface area contributed by atoms with E-state index in [1.165, 1.54) is 13.4 Å². The quantitative estimate of drug-likeness (QED) is 0.477. The number of anilines is 1. The molecular weight excluding hydrogens is 422 g/mol. The molecule has 12 heteroatoms. The third-order valence-electron chi connectivity index (χ3n) is 5.90. The van der Waals surface area contributed by atoms with E-state index < -0.39 is 12.3 Å². The summed E-state index contributed by atoms with van der Waals surface area (Å²) in [6.07, 6.45) is 3.81. The van der Waals surface area contributed by atoms with Gasteiger partial charge >= 0.3 is 5.97 Å². The lowest BCUT2D eigenvalue weighted by atomic mass is 10.0. The van der Waals surface area contributed by atoms with Gasteiger partial charge in [0.2, 0.25) is 0 Å². The van der Waals surface area contributed by atoms with E-state index in [0.717, 1.165) is 25.1 Å². The number of nitrogens with two attached hydrogens (primary N) is 2. The number of esters is 1. The predicted octanol–water partition coefficient (Wildman–Crippen LogP) is -0.245. The maximum Gasteiger partial charge on any atom is 0.323 e. The van der Waals surface area contributed by atoms with Crippen LogP contribution < -0.4 is 11.5 Å². The molecule has 11 nitrogen and oxygen atoms in total. The van der Waals surface area contributed by atoms with Crippen molar-refractivity contribution in [2.45, 2.75) is 49.0 Å². The number of likely N-dealkylation sites (tertiary alicyclic amines) is 1. The summed E-state index contributed by atoms with van der Waals surface area (Å²) in [5.74, 6) is 0.816. The van der Waals surface area contributed by atoms with Gasteiger partial charge in [-0.2, -0.15) is 11.8 Å². The number of piperidine rings is 1. The van der Waals surface area contributed by atoms with Gasteiger partial charge in [0.05, 0.1) is 19.5 Å². The number of aromatic nitrogens is 4. The zero-order valence-corrected chi connectivity index (χ0v) is 18.3. The molecule has 0 spiro atoms. The molecule has 0 aromatic carbocycles. The molecule has 2 unspecified atom stereocenters. The monoisotopic (exact) mass is 451 g/mol. The molecule has 2 saturated heterocycles. The third-order valence-corrected chi connectivity index (χ3v) is 7.36. The van der Waals surface area contributed by atoms with Gasteiger partial charge in [-0.3, -0.25) is 14.3 Å². The van der Waals surface area contributed by atoms with E-state index in [4.69, 9.17) is 20.9 Å². The van der Waals surface area contributed by atoms with Crippen molar-refractivity contribution in [2.24, 2.45) is 5.73 Å². The Hall–Kier alpha value is -1.99. The Morgan fingerprint density at radius 3 is 3.00 bits per heavy atom. The molecule has 0 aliphatic carbocycles. The number of carbonyl (C=O) groups is 1. The summed E-state index contributed by atoms with van der Waals surface area (Å²) in [4.78, 5) is 26.7. The summed E-state index contributed by atoms with van der Waals surface area (Å²) in [5.41, 5.74) is 12.6. The molecule has 170 valence electrons. The average Bonchev–Trinajstić information content (AvgIpc) is 3.36. The van der Waals surface area contributed by atoms with Crippen molar-refractivity contribution in [2.75, 3.05) is 38.2 Å². The summed E-state index contributed by atoms with van der Waals surface area (Å²) < 4.78 is 12.8. The molecule has 4 rings (SSSR count). The van der Waals surface area contributed by atoms with Crippen LogP contribution in [0.2, 0.25) is 0 Å². The van der Waals surface area contributed by atoms with Crippen LogP contribution in [0.5, 0.6) is 0 Å². The highest BCUT2D eigenvalue weighted by Crippen LogP contribution is 2.35. The highest BCUT2D eigenvalue weighted by molar-refractivity contribution is 7.99. The van der Waals surface area contributed by atoms with Gasteiger partial charge in [0, 0.05) is 37.1 Å². The molecule has 0 bridgehead atoms. The number of methoxy groups -OCH3 is 1. The topological polar surface area (TPSA) is 155 Å². The first-order valence-corrected chi connectivity index (χ1v) is 11.5. The SMILES string of the molecule is COC(=O)C1CC(SC[C@@H]2C[C@H](O)[C@H](n3cnc4c(N)ncnc43)O2)CCN1CCN. The van der Waals surface area contributed by atoms with E-state index >= 15 is 0 Å². The van der Waals surface area contributed by atoms with Gasteiger partial charge in [-0.1, -0.05) is 0 Å². The van der Waals surface area contributed by atoms with Crippen molar-refractivity contribution >= 4 is 34.7 Å². The highest BCUT2D eigenvalue weighted by atomic mass is 32.2. The summed E-state index contributed by atoms with van der Waals surface area (Å²) in [7, 11) is 1.42. The van der Waals surface area contributed by atoms with Gasteiger partial charge in [0.1, 0.15) is 24.0 Å². The van der Waals surface area contributed by atoms with Crippen molar-refractivity contribution in [3.8, 4) is 0 Å². The summed E-state index contributed by atoms with van der Waals surface area (Å²) >= 11 is 1.78. The second-order valence-corrected chi connectivity index (χ2v) is 9.21. The minimum atomic E-state index is -0.673. The molecule has 0 amide bonds. The third kappa shape index (κ3) is 4.62. The van der Waals surface area contributed by atoms with Crippen LogP contribution in [0.3, 0.4) is 0 Å². The number of hydrogen-bond acceptors (Lipinski definition) is 11. The molecule has 2 aliphatic rings. The second-order valence-electron chi connectivity index (χ2n) is 7.88. The van der Waals surface area contributed by atoms with Crippen molar-refractivity contribution in [1.29, 1.82) is 0 Å². The van der Waals surface area contributed by atoms with Gasteiger partial charge in [-0.15, -0.1) is 0 Å². The number of carbonyl (C=O) groups excluding carboxylic acids is 1. The normalized spacial score (nSPS) is 29.5. The van der Waals surface area contributed by atoms with Crippen molar-refractivity contribution in [1.82, 2.24) is 24.4 Å². The number of nitrogen functional groups attached to an aromatic ring is 1. The lowest BCUT2D eigenvalue weighted by Gasteiger charge is -2.37. The average molecular weight is 452 g/mol. The molecule has 2 fully saturated rings. The highest BCUT2D eigenvalue weighted by Gasteiger charge is 2.38. The Bertz CT molecular complexity index is 913. The second kappa shape index (κ2) is 9.65. The summed E-state index contributed by atoms with van der Waals surface area (Å²) in [5, 5.41) is 10.9. The Morgan fingerprint density at radius 1 is 1.39 bits per heavy atom. The molecule has 2 aromatic rings. The van der Waals surface area contributed by atoms with Gasteiger partial charge in [0.25, 0.3) is 0 Å². The summed E-state index contributed by atoms with van der Waals surface area (Å²) in [6.45, 7) is 2.01. The molecular formula is C19H29N7O4S. The lowest BCUT2D eigenvalue weighted by molar-refractivity contribution is -0.148. The number of hydrogen-bond donors (Lipinski definition) is 3. The largest absolute Gasteiger partial charge is 0.468 e. The van der Waals surface area contributed by atoms with Crippen molar-refractivity contribution in [3.05, 3.63) is 12.7 Å². The van der Waals surface area contributed by atoms with Gasteiger partial charge < -0.3 is 26.0 Å². The molecule has 2 aliphatic heterocycles. The summed E-state index contributed by atoms with van der Waals surface area (Å²) in [6, 6.07) is -0.259. The zero-order valence-electron chi connectivity index (χ0n) is 17.5. The van der Waals surface area contributed by atoms with E-state index in [-0.39, 0.29) is 18.1 Å². The molecule has 0 saturated carbocycles. The Labute approximate surface area is 184 Å². The van der Waals surface area contributed by atoms with Gasteiger partial charge in [-0.25, -0.2) is 15.0 Å². The number of imidazole rings is 1. The first kappa shape index (κ1) is 22.2. The van der Waals surface area contributed by atoms with E-state index in [1.54, 1.807) is 22.7 Å². The first-order chi connectivity index (χ1) is 15.0. The van der Waals surface area contributed by atoms with E-state index in [2.05, 4.69) is 19.9 Å². The smallest absolute Gasteiger partial charge is 0.323 e. The number of nitrogens with zero attached hydrogens (tertiary/aromatic N) is 5. The fourth-order valence-corrected chi connectivity index (χ4v) is 5.63. The van der Waals surface area contributed by atoms with E-state index in [0.29, 0.717) is 41.7 Å². The number of rotatable bonds is 7. The number of aliphatic hydroxyl groups is 1. The molecule has 5 atom stereocenters.